The molecule has 0 bridgehead atoms. The summed E-state index contributed by atoms with van der Waals surface area (Å²) >= 11 is 4.81. The lowest BCUT2D eigenvalue weighted by molar-refractivity contribution is -0.113. The van der Waals surface area contributed by atoms with Crippen molar-refractivity contribution in [2.45, 2.75) is 26.2 Å². The predicted octanol–water partition coefficient (Wildman–Crippen LogP) is 1.07. The third kappa shape index (κ3) is 2.37. The largest absolute Gasteiger partial charge is 0.314 e. The molecule has 0 aromatic heterocycles. The molecule has 1 aliphatic rings. The Morgan fingerprint density at radius 2 is 2.42 bits per heavy atom. The fraction of sp³-hybridized carbons (Fsp3) is 0.625. The molecule has 0 atom stereocenters. The first-order valence-electron chi connectivity index (χ1n) is 4.11. The van der Waals surface area contributed by atoms with Gasteiger partial charge in [-0.2, -0.15) is 0 Å². The number of carbonyl (C=O) groups excluding carboxylic acids is 1. The number of hydrogen-bond acceptors (Lipinski definition) is 3. The summed E-state index contributed by atoms with van der Waals surface area (Å²) in [5, 5.41) is 2.60. The van der Waals surface area contributed by atoms with Crippen LogP contribution in [0.4, 0.5) is 0 Å². The highest BCUT2D eigenvalue weighted by atomic mass is 32.1. The average Bonchev–Trinajstić information content (AvgIpc) is 2.03. The number of nitrogens with zero attached hydrogens (tertiary/aromatic N) is 1. The first-order valence-corrected chi connectivity index (χ1v) is 4.52. The summed E-state index contributed by atoms with van der Waals surface area (Å²) in [6.07, 6.45) is 2.86. The molecule has 0 aromatic carbocycles. The fourth-order valence-corrected chi connectivity index (χ4v) is 1.17. The Kier molecular flexibility index (Phi) is 3.34. The van der Waals surface area contributed by atoms with E-state index in [0.29, 0.717) is 17.2 Å². The van der Waals surface area contributed by atoms with E-state index in [0.717, 1.165) is 19.3 Å². The van der Waals surface area contributed by atoms with E-state index in [1.807, 2.05) is 0 Å². The summed E-state index contributed by atoms with van der Waals surface area (Å²) < 4.78 is 0. The highest BCUT2D eigenvalue weighted by molar-refractivity contribution is 7.80. The van der Waals surface area contributed by atoms with Crippen LogP contribution in [0.1, 0.15) is 26.2 Å². The number of rotatable bonds is 3. The van der Waals surface area contributed by atoms with E-state index in [2.05, 4.69) is 17.2 Å². The summed E-state index contributed by atoms with van der Waals surface area (Å²) in [5.41, 5.74) is 0.644. The zero-order valence-electron chi connectivity index (χ0n) is 7.09. The van der Waals surface area contributed by atoms with Gasteiger partial charge in [0.1, 0.15) is 10.7 Å². The normalized spacial score (nSPS) is 17.2. The minimum Gasteiger partial charge on any atom is -0.314 e. The highest BCUT2D eigenvalue weighted by Gasteiger charge is 2.16. The Morgan fingerprint density at radius 1 is 1.67 bits per heavy atom. The maximum absolute atomic E-state index is 11.2. The minimum atomic E-state index is -0.111. The zero-order chi connectivity index (χ0) is 8.97. The van der Waals surface area contributed by atoms with Crippen molar-refractivity contribution in [3.63, 3.8) is 0 Å². The zero-order valence-corrected chi connectivity index (χ0v) is 7.91. The van der Waals surface area contributed by atoms with Crippen molar-refractivity contribution in [2.75, 3.05) is 6.54 Å². The third-order valence-electron chi connectivity index (χ3n) is 1.70. The Balaban J connectivity index is 2.52. The molecule has 0 aliphatic carbocycles. The van der Waals surface area contributed by atoms with E-state index < -0.39 is 0 Å². The Hall–Kier alpha value is -0.770. The van der Waals surface area contributed by atoms with E-state index in [4.69, 9.17) is 12.2 Å². The smallest absolute Gasteiger partial charge is 0.270 e. The molecule has 0 aromatic rings. The first kappa shape index (κ1) is 9.32. The molecule has 0 saturated heterocycles. The van der Waals surface area contributed by atoms with Crippen LogP contribution in [-0.2, 0) is 4.79 Å². The second-order valence-electron chi connectivity index (χ2n) is 2.74. The van der Waals surface area contributed by atoms with Crippen LogP contribution in [0, 0.1) is 0 Å². The molecule has 4 heteroatoms. The standard InChI is InChI=1S/C8H12N2OS/c1-2-3-4-6-8(11)10-7(12)5-9-6/h2-5H2,1H3,(H,10,11,12). The van der Waals surface area contributed by atoms with Crippen LogP contribution in [0.25, 0.3) is 0 Å². The first-order chi connectivity index (χ1) is 5.74. The van der Waals surface area contributed by atoms with E-state index >= 15 is 0 Å². The molecule has 1 heterocycles. The Bertz CT molecular complexity index is 235. The van der Waals surface area contributed by atoms with Gasteiger partial charge in [0.2, 0.25) is 0 Å². The van der Waals surface area contributed by atoms with Gasteiger partial charge in [0.15, 0.2) is 0 Å². The molecule has 1 rings (SSSR count). The van der Waals surface area contributed by atoms with Crippen LogP contribution in [0.15, 0.2) is 4.99 Å². The topological polar surface area (TPSA) is 41.5 Å². The van der Waals surface area contributed by atoms with Crippen LogP contribution < -0.4 is 5.32 Å². The summed E-state index contributed by atoms with van der Waals surface area (Å²) in [4.78, 5) is 15.8. The molecule has 0 unspecified atom stereocenters. The third-order valence-corrected chi connectivity index (χ3v) is 1.93. The van der Waals surface area contributed by atoms with Crippen molar-refractivity contribution in [1.29, 1.82) is 0 Å². The number of hydrogen-bond donors (Lipinski definition) is 1. The highest BCUT2D eigenvalue weighted by Crippen LogP contribution is 2.00. The van der Waals surface area contributed by atoms with Gasteiger partial charge in [-0.25, -0.2) is 0 Å². The Morgan fingerprint density at radius 3 is 3.00 bits per heavy atom. The monoisotopic (exact) mass is 184 g/mol. The lowest BCUT2D eigenvalue weighted by Crippen LogP contribution is -2.40. The molecule has 0 saturated carbocycles. The summed E-state index contributed by atoms with van der Waals surface area (Å²) in [6.45, 7) is 2.56. The molecule has 1 N–H and O–H groups in total. The van der Waals surface area contributed by atoms with Crippen molar-refractivity contribution in [2.24, 2.45) is 4.99 Å². The number of amides is 1. The molecular formula is C8H12N2OS. The number of thiocarbonyl (C=S) groups is 1. The van der Waals surface area contributed by atoms with E-state index in [9.17, 15) is 4.79 Å². The molecule has 66 valence electrons. The molecule has 1 amide bonds. The summed E-state index contributed by atoms with van der Waals surface area (Å²) in [7, 11) is 0. The predicted molar refractivity (Wildman–Crippen MR) is 52.6 cm³/mol. The van der Waals surface area contributed by atoms with Crippen molar-refractivity contribution < 1.29 is 4.79 Å². The Labute approximate surface area is 77.3 Å². The second kappa shape index (κ2) is 4.30. The van der Waals surface area contributed by atoms with Gasteiger partial charge in [-0.15, -0.1) is 0 Å². The maximum atomic E-state index is 11.2. The van der Waals surface area contributed by atoms with Gasteiger partial charge >= 0.3 is 0 Å². The molecule has 0 spiro atoms. The fourth-order valence-electron chi connectivity index (χ4n) is 1.01. The molecule has 1 aliphatic heterocycles. The molecule has 0 radical (unpaired) electrons. The van der Waals surface area contributed by atoms with Crippen LogP contribution in [0.5, 0.6) is 0 Å². The van der Waals surface area contributed by atoms with Gasteiger partial charge in [0.05, 0.1) is 6.54 Å². The van der Waals surface area contributed by atoms with Crippen molar-refractivity contribution >= 4 is 28.8 Å². The van der Waals surface area contributed by atoms with Gasteiger partial charge < -0.3 is 5.32 Å². The van der Waals surface area contributed by atoms with Gasteiger partial charge in [0.25, 0.3) is 5.91 Å². The SMILES string of the molecule is CCCCC1=NCC(=S)NC1=O. The van der Waals surface area contributed by atoms with Crippen molar-refractivity contribution in [3.8, 4) is 0 Å². The molecular weight excluding hydrogens is 172 g/mol. The van der Waals surface area contributed by atoms with Crippen LogP contribution >= 0.6 is 12.2 Å². The quantitative estimate of drug-likeness (QED) is 0.667. The molecule has 3 nitrogen and oxygen atoms in total. The van der Waals surface area contributed by atoms with Crippen molar-refractivity contribution in [3.05, 3.63) is 0 Å². The molecule has 0 fully saturated rings. The van der Waals surface area contributed by atoms with E-state index in [-0.39, 0.29) is 5.91 Å². The number of aliphatic imine (C=N–C) groups is 1. The summed E-state index contributed by atoms with van der Waals surface area (Å²) in [6, 6.07) is 0. The van der Waals surface area contributed by atoms with Crippen LogP contribution in [-0.4, -0.2) is 23.2 Å². The van der Waals surface area contributed by atoms with Gasteiger partial charge in [0, 0.05) is 0 Å². The number of nitrogens with one attached hydrogen (secondary N) is 1. The number of carbonyl (C=O) groups is 1. The van der Waals surface area contributed by atoms with E-state index in [1.165, 1.54) is 0 Å². The van der Waals surface area contributed by atoms with Crippen LogP contribution in [0.3, 0.4) is 0 Å². The van der Waals surface area contributed by atoms with Crippen molar-refractivity contribution in [1.82, 2.24) is 5.32 Å². The maximum Gasteiger partial charge on any atom is 0.270 e. The van der Waals surface area contributed by atoms with Gasteiger partial charge in [-0.1, -0.05) is 25.6 Å². The van der Waals surface area contributed by atoms with Gasteiger partial charge in [-0.3, -0.25) is 9.79 Å². The lowest BCUT2D eigenvalue weighted by atomic mass is 10.1. The number of unbranched alkanes of at least 4 members (excludes halogenated alkanes) is 1. The van der Waals surface area contributed by atoms with Crippen LogP contribution in [0.2, 0.25) is 0 Å². The molecule has 12 heavy (non-hydrogen) atoms. The van der Waals surface area contributed by atoms with E-state index in [1.54, 1.807) is 0 Å². The minimum absolute atomic E-state index is 0.111. The summed E-state index contributed by atoms with van der Waals surface area (Å²) in [5.74, 6) is -0.111. The van der Waals surface area contributed by atoms with Gasteiger partial charge in [-0.05, 0) is 12.8 Å². The second-order valence-corrected chi connectivity index (χ2v) is 3.24. The lowest BCUT2D eigenvalue weighted by Gasteiger charge is -2.12. The average molecular weight is 184 g/mol.